The van der Waals surface area contributed by atoms with Gasteiger partial charge in [-0.3, -0.25) is 0 Å². The van der Waals surface area contributed by atoms with Crippen LogP contribution in [0.25, 0.3) is 0 Å². The van der Waals surface area contributed by atoms with Crippen molar-refractivity contribution in [2.45, 2.75) is 25.8 Å². The average Bonchev–Trinajstić information content (AvgIpc) is 2.05. The predicted octanol–water partition coefficient (Wildman–Crippen LogP) is 1.85. The van der Waals surface area contributed by atoms with Crippen molar-refractivity contribution in [3.63, 3.8) is 0 Å². The molecule has 2 nitrogen and oxygen atoms in total. The van der Waals surface area contributed by atoms with E-state index in [4.69, 9.17) is 11.5 Å². The van der Waals surface area contributed by atoms with Crippen LogP contribution < -0.4 is 11.5 Å². The molecule has 2 heteroatoms. The lowest BCUT2D eigenvalue weighted by atomic mass is 9.91. The summed E-state index contributed by atoms with van der Waals surface area (Å²) in [4.78, 5) is 0. The molecule has 1 aromatic rings. The summed E-state index contributed by atoms with van der Waals surface area (Å²) in [7, 11) is 0. The van der Waals surface area contributed by atoms with Crippen LogP contribution in [-0.4, -0.2) is 0 Å². The van der Waals surface area contributed by atoms with Crippen molar-refractivity contribution >= 4 is 5.69 Å². The molecule has 0 heterocycles. The van der Waals surface area contributed by atoms with Crippen molar-refractivity contribution in [3.8, 4) is 0 Å². The van der Waals surface area contributed by atoms with E-state index in [-0.39, 0.29) is 5.54 Å². The molecule has 0 spiro atoms. The van der Waals surface area contributed by atoms with E-state index in [0.717, 1.165) is 17.7 Å². The molecule has 0 aliphatic carbocycles. The molecule has 0 aliphatic heterocycles. The van der Waals surface area contributed by atoms with Crippen LogP contribution >= 0.6 is 0 Å². The normalized spacial score (nSPS) is 15.6. The third-order valence-corrected chi connectivity index (χ3v) is 2.30. The second-order valence-electron chi connectivity index (χ2n) is 3.39. The zero-order valence-electron chi connectivity index (χ0n) is 7.67. The summed E-state index contributed by atoms with van der Waals surface area (Å²) in [6.45, 7) is 4.11. The Bertz CT molecular complexity index is 249. The maximum absolute atomic E-state index is 6.05. The van der Waals surface area contributed by atoms with E-state index in [0.29, 0.717) is 0 Å². The molecule has 0 bridgehead atoms. The Morgan fingerprint density at radius 2 is 1.75 bits per heavy atom. The second kappa shape index (κ2) is 3.15. The molecule has 1 unspecified atom stereocenters. The average molecular weight is 164 g/mol. The molecule has 0 saturated heterocycles. The lowest BCUT2D eigenvalue weighted by Crippen LogP contribution is -2.31. The fraction of sp³-hybridized carbons (Fsp3) is 0.400. The van der Waals surface area contributed by atoms with E-state index >= 15 is 0 Å². The Kier molecular flexibility index (Phi) is 2.38. The maximum Gasteiger partial charge on any atom is 0.0378 e. The Labute approximate surface area is 73.6 Å². The van der Waals surface area contributed by atoms with Crippen molar-refractivity contribution in [1.82, 2.24) is 0 Å². The molecule has 0 saturated carbocycles. The molecular weight excluding hydrogens is 148 g/mol. The van der Waals surface area contributed by atoms with Gasteiger partial charge in [-0.1, -0.05) is 19.1 Å². The van der Waals surface area contributed by atoms with Crippen LogP contribution in [-0.2, 0) is 5.54 Å². The van der Waals surface area contributed by atoms with Crippen molar-refractivity contribution < 1.29 is 0 Å². The molecule has 1 rings (SSSR count). The van der Waals surface area contributed by atoms with Gasteiger partial charge < -0.3 is 11.5 Å². The van der Waals surface area contributed by atoms with E-state index in [1.165, 1.54) is 0 Å². The SMILES string of the molecule is CCC(C)(N)c1ccc(N)cc1. The summed E-state index contributed by atoms with van der Waals surface area (Å²) in [5.41, 5.74) is 13.3. The van der Waals surface area contributed by atoms with Gasteiger partial charge in [-0.15, -0.1) is 0 Å². The van der Waals surface area contributed by atoms with Crippen molar-refractivity contribution in [3.05, 3.63) is 29.8 Å². The van der Waals surface area contributed by atoms with Gasteiger partial charge in [0.1, 0.15) is 0 Å². The van der Waals surface area contributed by atoms with E-state index in [9.17, 15) is 0 Å². The standard InChI is InChI=1S/C10H16N2/c1-3-10(2,12)8-4-6-9(11)7-5-8/h4-7H,3,11-12H2,1-2H3. The molecule has 0 radical (unpaired) electrons. The smallest absolute Gasteiger partial charge is 0.0378 e. The quantitative estimate of drug-likeness (QED) is 0.655. The fourth-order valence-corrected chi connectivity index (χ4v) is 1.07. The minimum Gasteiger partial charge on any atom is -0.399 e. The van der Waals surface area contributed by atoms with Gasteiger partial charge in [0.15, 0.2) is 0 Å². The van der Waals surface area contributed by atoms with Crippen LogP contribution in [0.1, 0.15) is 25.8 Å². The largest absolute Gasteiger partial charge is 0.399 e. The molecular formula is C10H16N2. The minimum atomic E-state index is -0.228. The molecule has 4 N–H and O–H groups in total. The number of hydrogen-bond donors (Lipinski definition) is 2. The summed E-state index contributed by atoms with van der Waals surface area (Å²) in [5.74, 6) is 0. The molecule has 0 aliphatic rings. The molecule has 12 heavy (non-hydrogen) atoms. The van der Waals surface area contributed by atoms with Crippen LogP contribution in [0.15, 0.2) is 24.3 Å². The van der Waals surface area contributed by atoms with E-state index in [2.05, 4.69) is 6.92 Å². The number of anilines is 1. The van der Waals surface area contributed by atoms with Crippen molar-refractivity contribution in [2.75, 3.05) is 5.73 Å². The van der Waals surface area contributed by atoms with Crippen molar-refractivity contribution in [2.24, 2.45) is 5.73 Å². The lowest BCUT2D eigenvalue weighted by molar-refractivity contribution is 0.476. The van der Waals surface area contributed by atoms with E-state index in [1.807, 2.05) is 31.2 Å². The molecule has 1 aromatic carbocycles. The number of benzene rings is 1. The van der Waals surface area contributed by atoms with Gasteiger partial charge in [0.05, 0.1) is 0 Å². The second-order valence-corrected chi connectivity index (χ2v) is 3.39. The summed E-state index contributed by atoms with van der Waals surface area (Å²) in [5, 5.41) is 0. The van der Waals surface area contributed by atoms with Gasteiger partial charge >= 0.3 is 0 Å². The third kappa shape index (κ3) is 1.77. The number of hydrogen-bond acceptors (Lipinski definition) is 2. The fourth-order valence-electron chi connectivity index (χ4n) is 1.07. The van der Waals surface area contributed by atoms with Gasteiger partial charge in [0.2, 0.25) is 0 Å². The summed E-state index contributed by atoms with van der Waals surface area (Å²) < 4.78 is 0. The van der Waals surface area contributed by atoms with Gasteiger partial charge in [0.25, 0.3) is 0 Å². The highest BCUT2D eigenvalue weighted by molar-refractivity contribution is 5.41. The summed E-state index contributed by atoms with van der Waals surface area (Å²) in [6, 6.07) is 7.74. The molecule has 0 aromatic heterocycles. The Hall–Kier alpha value is -1.02. The molecule has 1 atom stereocenters. The highest BCUT2D eigenvalue weighted by atomic mass is 14.7. The van der Waals surface area contributed by atoms with Gasteiger partial charge in [-0.25, -0.2) is 0 Å². The molecule has 0 fully saturated rings. The number of nitrogen functional groups attached to an aromatic ring is 1. The van der Waals surface area contributed by atoms with E-state index in [1.54, 1.807) is 0 Å². The van der Waals surface area contributed by atoms with Crippen LogP contribution in [0, 0.1) is 0 Å². The van der Waals surface area contributed by atoms with Crippen molar-refractivity contribution in [1.29, 1.82) is 0 Å². The minimum absolute atomic E-state index is 0.228. The molecule has 66 valence electrons. The van der Waals surface area contributed by atoms with Crippen LogP contribution in [0.5, 0.6) is 0 Å². The van der Waals surface area contributed by atoms with E-state index < -0.39 is 0 Å². The number of nitrogens with two attached hydrogens (primary N) is 2. The highest BCUT2D eigenvalue weighted by Crippen LogP contribution is 2.21. The first kappa shape index (κ1) is 9.07. The predicted molar refractivity (Wildman–Crippen MR) is 52.7 cm³/mol. The Morgan fingerprint density at radius 1 is 1.25 bits per heavy atom. The lowest BCUT2D eigenvalue weighted by Gasteiger charge is -2.23. The topological polar surface area (TPSA) is 52.0 Å². The highest BCUT2D eigenvalue weighted by Gasteiger charge is 2.17. The van der Waals surface area contributed by atoms with Crippen LogP contribution in [0.4, 0.5) is 5.69 Å². The maximum atomic E-state index is 6.05. The first-order valence-corrected chi connectivity index (χ1v) is 4.21. The monoisotopic (exact) mass is 164 g/mol. The Morgan fingerprint density at radius 3 is 2.17 bits per heavy atom. The van der Waals surface area contributed by atoms with Gasteiger partial charge in [-0.2, -0.15) is 0 Å². The van der Waals surface area contributed by atoms with Crippen LogP contribution in [0.2, 0.25) is 0 Å². The Balaban J connectivity index is 2.96. The first-order chi connectivity index (χ1) is 5.56. The summed E-state index contributed by atoms with van der Waals surface area (Å²) >= 11 is 0. The molecule has 0 amide bonds. The van der Waals surface area contributed by atoms with Gasteiger partial charge in [-0.05, 0) is 31.0 Å². The number of rotatable bonds is 2. The first-order valence-electron chi connectivity index (χ1n) is 4.21. The van der Waals surface area contributed by atoms with Crippen LogP contribution in [0.3, 0.4) is 0 Å². The van der Waals surface area contributed by atoms with Gasteiger partial charge in [0, 0.05) is 11.2 Å². The zero-order chi connectivity index (χ0) is 9.19. The zero-order valence-corrected chi connectivity index (χ0v) is 7.67. The third-order valence-electron chi connectivity index (χ3n) is 2.30. The summed E-state index contributed by atoms with van der Waals surface area (Å²) in [6.07, 6.45) is 0.927.